The summed E-state index contributed by atoms with van der Waals surface area (Å²) in [7, 11) is 0. The minimum Gasteiger partial charge on any atom is -0.320 e. The summed E-state index contributed by atoms with van der Waals surface area (Å²) in [6.07, 6.45) is 0. The Morgan fingerprint density at radius 2 is 2.06 bits per heavy atom. The minimum atomic E-state index is -0.156. The minimum absolute atomic E-state index is 0.156. The van der Waals surface area contributed by atoms with Crippen molar-refractivity contribution in [2.45, 2.75) is 13.0 Å². The first-order chi connectivity index (χ1) is 7.59. The predicted molar refractivity (Wildman–Crippen MR) is 74.2 cm³/mol. The average molecular weight is 317 g/mol. The third kappa shape index (κ3) is 2.33. The van der Waals surface area contributed by atoms with E-state index in [4.69, 9.17) is 17.3 Å². The Bertz CT molecular complexity index is 509. The Hall–Kier alpha value is -0.350. The second-order valence-corrected chi connectivity index (χ2v) is 6.02. The van der Waals surface area contributed by atoms with Gasteiger partial charge in [-0.25, -0.2) is 0 Å². The average Bonchev–Trinajstić information content (AvgIpc) is 2.67. The van der Waals surface area contributed by atoms with E-state index >= 15 is 0 Å². The van der Waals surface area contributed by atoms with Gasteiger partial charge >= 0.3 is 0 Å². The lowest BCUT2D eigenvalue weighted by Crippen LogP contribution is -2.12. The lowest BCUT2D eigenvalue weighted by atomic mass is 10.0. The fourth-order valence-electron chi connectivity index (χ4n) is 1.64. The molecule has 1 aromatic heterocycles. The topological polar surface area (TPSA) is 26.0 Å². The van der Waals surface area contributed by atoms with Crippen LogP contribution in [0.5, 0.6) is 0 Å². The van der Waals surface area contributed by atoms with Crippen LogP contribution in [0.2, 0.25) is 5.02 Å². The standard InChI is InChI=1S/C12H11BrClNS/c1-7-9(4-5-16-7)12(15)10-6-8(13)2-3-11(10)14/h2-6,12H,15H2,1H3. The Morgan fingerprint density at radius 1 is 1.31 bits per heavy atom. The van der Waals surface area contributed by atoms with E-state index in [1.165, 1.54) is 4.88 Å². The molecule has 1 aromatic carbocycles. The highest BCUT2D eigenvalue weighted by molar-refractivity contribution is 9.10. The summed E-state index contributed by atoms with van der Waals surface area (Å²) in [5, 5.41) is 2.76. The van der Waals surface area contributed by atoms with E-state index in [-0.39, 0.29) is 6.04 Å². The summed E-state index contributed by atoms with van der Waals surface area (Å²) in [5.41, 5.74) is 8.33. The molecule has 1 atom stereocenters. The monoisotopic (exact) mass is 315 g/mol. The van der Waals surface area contributed by atoms with Gasteiger partial charge in [0.25, 0.3) is 0 Å². The van der Waals surface area contributed by atoms with Crippen LogP contribution in [0.4, 0.5) is 0 Å². The summed E-state index contributed by atoms with van der Waals surface area (Å²) in [4.78, 5) is 1.24. The molecule has 0 radical (unpaired) electrons. The van der Waals surface area contributed by atoms with Crippen molar-refractivity contribution in [2.75, 3.05) is 0 Å². The lowest BCUT2D eigenvalue weighted by molar-refractivity contribution is 0.869. The highest BCUT2D eigenvalue weighted by Gasteiger charge is 2.15. The molecule has 0 aliphatic carbocycles. The number of hydrogen-bond acceptors (Lipinski definition) is 2. The van der Waals surface area contributed by atoms with Crippen LogP contribution in [0, 0.1) is 6.92 Å². The van der Waals surface area contributed by atoms with Gasteiger partial charge in [0, 0.05) is 14.4 Å². The normalized spacial score (nSPS) is 12.8. The van der Waals surface area contributed by atoms with Crippen molar-refractivity contribution in [3.8, 4) is 0 Å². The zero-order chi connectivity index (χ0) is 11.7. The van der Waals surface area contributed by atoms with Crippen molar-refractivity contribution in [1.82, 2.24) is 0 Å². The molecular formula is C12H11BrClNS. The number of aryl methyl sites for hydroxylation is 1. The Morgan fingerprint density at radius 3 is 2.69 bits per heavy atom. The van der Waals surface area contributed by atoms with Gasteiger partial charge < -0.3 is 5.73 Å². The van der Waals surface area contributed by atoms with E-state index in [9.17, 15) is 0 Å². The molecule has 2 aromatic rings. The van der Waals surface area contributed by atoms with Gasteiger partial charge in [-0.05, 0) is 47.7 Å². The first-order valence-corrected chi connectivity index (χ1v) is 6.89. The van der Waals surface area contributed by atoms with Crippen LogP contribution in [0.1, 0.15) is 22.0 Å². The Kier molecular flexibility index (Phi) is 3.70. The van der Waals surface area contributed by atoms with Gasteiger partial charge in [-0.3, -0.25) is 0 Å². The molecule has 16 heavy (non-hydrogen) atoms. The van der Waals surface area contributed by atoms with E-state index in [2.05, 4.69) is 34.3 Å². The van der Waals surface area contributed by atoms with Crippen molar-refractivity contribution in [3.05, 3.63) is 55.1 Å². The fourth-order valence-corrected chi connectivity index (χ4v) is 3.00. The highest BCUT2D eigenvalue weighted by atomic mass is 79.9. The molecule has 84 valence electrons. The molecule has 0 aliphatic heterocycles. The van der Waals surface area contributed by atoms with E-state index in [1.807, 2.05) is 18.2 Å². The van der Waals surface area contributed by atoms with Crippen LogP contribution in [0.25, 0.3) is 0 Å². The van der Waals surface area contributed by atoms with Crippen molar-refractivity contribution >= 4 is 38.9 Å². The number of halogens is 2. The molecule has 1 nitrogen and oxygen atoms in total. The molecule has 0 saturated carbocycles. The molecule has 0 aliphatic rings. The molecule has 4 heteroatoms. The SMILES string of the molecule is Cc1sccc1C(N)c1cc(Br)ccc1Cl. The molecular weight excluding hydrogens is 306 g/mol. The maximum absolute atomic E-state index is 6.23. The van der Waals surface area contributed by atoms with Crippen LogP contribution >= 0.6 is 38.9 Å². The smallest absolute Gasteiger partial charge is 0.0577 e. The van der Waals surface area contributed by atoms with Crippen LogP contribution in [0.3, 0.4) is 0 Å². The maximum Gasteiger partial charge on any atom is 0.0577 e. The van der Waals surface area contributed by atoms with Gasteiger partial charge in [-0.1, -0.05) is 27.5 Å². The number of rotatable bonds is 2. The van der Waals surface area contributed by atoms with Crippen molar-refractivity contribution < 1.29 is 0 Å². The molecule has 0 amide bonds. The third-order valence-electron chi connectivity index (χ3n) is 2.53. The number of thiophene rings is 1. The van der Waals surface area contributed by atoms with Gasteiger partial charge in [-0.15, -0.1) is 11.3 Å². The van der Waals surface area contributed by atoms with Gasteiger partial charge in [0.1, 0.15) is 0 Å². The second kappa shape index (κ2) is 4.88. The summed E-state index contributed by atoms with van der Waals surface area (Å²) in [6, 6.07) is 7.66. The Labute approximate surface area is 112 Å². The largest absolute Gasteiger partial charge is 0.320 e. The van der Waals surface area contributed by atoms with Crippen molar-refractivity contribution in [2.24, 2.45) is 5.73 Å². The molecule has 0 saturated heterocycles. The van der Waals surface area contributed by atoms with Gasteiger partial charge in [0.15, 0.2) is 0 Å². The van der Waals surface area contributed by atoms with Gasteiger partial charge in [0.05, 0.1) is 6.04 Å². The molecule has 1 heterocycles. The molecule has 2 rings (SSSR count). The van der Waals surface area contributed by atoms with E-state index in [0.29, 0.717) is 5.02 Å². The molecule has 0 fully saturated rings. The highest BCUT2D eigenvalue weighted by Crippen LogP contribution is 2.32. The maximum atomic E-state index is 6.23. The first kappa shape index (κ1) is 12.1. The molecule has 0 bridgehead atoms. The summed E-state index contributed by atoms with van der Waals surface area (Å²) in [6.45, 7) is 2.08. The zero-order valence-corrected chi connectivity index (χ0v) is 11.9. The summed E-state index contributed by atoms with van der Waals surface area (Å²) < 4.78 is 0.996. The zero-order valence-electron chi connectivity index (χ0n) is 8.71. The molecule has 1 unspecified atom stereocenters. The first-order valence-electron chi connectivity index (χ1n) is 4.84. The summed E-state index contributed by atoms with van der Waals surface area (Å²) in [5.74, 6) is 0. The Balaban J connectivity index is 2.45. The number of benzene rings is 1. The van der Waals surface area contributed by atoms with Crippen LogP contribution in [-0.4, -0.2) is 0 Å². The van der Waals surface area contributed by atoms with Crippen LogP contribution in [-0.2, 0) is 0 Å². The molecule has 2 N–H and O–H groups in total. The van der Waals surface area contributed by atoms with Gasteiger partial charge in [0.2, 0.25) is 0 Å². The van der Waals surface area contributed by atoms with E-state index < -0.39 is 0 Å². The second-order valence-electron chi connectivity index (χ2n) is 3.58. The third-order valence-corrected chi connectivity index (χ3v) is 4.23. The van der Waals surface area contributed by atoms with E-state index in [1.54, 1.807) is 11.3 Å². The lowest BCUT2D eigenvalue weighted by Gasteiger charge is -2.14. The van der Waals surface area contributed by atoms with Crippen molar-refractivity contribution in [1.29, 1.82) is 0 Å². The quantitative estimate of drug-likeness (QED) is 0.866. The summed E-state index contributed by atoms with van der Waals surface area (Å²) >= 11 is 11.3. The number of hydrogen-bond donors (Lipinski definition) is 1. The van der Waals surface area contributed by atoms with Gasteiger partial charge in [-0.2, -0.15) is 0 Å². The number of nitrogens with two attached hydrogens (primary N) is 1. The molecule has 0 spiro atoms. The fraction of sp³-hybridized carbons (Fsp3) is 0.167. The van der Waals surface area contributed by atoms with Crippen molar-refractivity contribution in [3.63, 3.8) is 0 Å². The predicted octanol–water partition coefficient (Wildman–Crippen LogP) is 4.52. The van der Waals surface area contributed by atoms with E-state index in [0.717, 1.165) is 15.6 Å². The van der Waals surface area contributed by atoms with Crippen LogP contribution < -0.4 is 5.73 Å². The van der Waals surface area contributed by atoms with Crippen LogP contribution in [0.15, 0.2) is 34.1 Å².